The Morgan fingerprint density at radius 2 is 1.68 bits per heavy atom. The molecule has 2 aromatic rings. The van der Waals surface area contributed by atoms with E-state index in [-0.39, 0.29) is 0 Å². The van der Waals surface area contributed by atoms with Gasteiger partial charge in [0.2, 0.25) is 10.0 Å². The molecule has 0 amide bonds. The van der Waals surface area contributed by atoms with Crippen LogP contribution in [0, 0.1) is 27.7 Å². The summed E-state index contributed by atoms with van der Waals surface area (Å²) >= 11 is 0. The predicted molar refractivity (Wildman–Crippen MR) is 152 cm³/mol. The summed E-state index contributed by atoms with van der Waals surface area (Å²) < 4.78 is 34.0. The summed E-state index contributed by atoms with van der Waals surface area (Å²) in [6.45, 7) is 13.3. The molecule has 0 saturated carbocycles. The number of aliphatic carboxylic acids is 1. The van der Waals surface area contributed by atoms with E-state index in [1.807, 2.05) is 53.7 Å². The molecule has 1 aliphatic rings. The van der Waals surface area contributed by atoms with Gasteiger partial charge in [0.15, 0.2) is 6.10 Å². The molecule has 6 nitrogen and oxygen atoms in total. The van der Waals surface area contributed by atoms with Gasteiger partial charge in [0, 0.05) is 11.1 Å². The van der Waals surface area contributed by atoms with Gasteiger partial charge in [-0.25, -0.2) is 13.2 Å². The Balaban J connectivity index is 2.52. The summed E-state index contributed by atoms with van der Waals surface area (Å²) in [6, 6.07) is 6.10. The molecule has 0 radical (unpaired) electrons. The van der Waals surface area contributed by atoms with Gasteiger partial charge in [0.05, 0.1) is 17.5 Å². The highest BCUT2D eigenvalue weighted by molar-refractivity contribution is 7.92. The fourth-order valence-corrected chi connectivity index (χ4v) is 5.79. The van der Waals surface area contributed by atoms with Gasteiger partial charge >= 0.3 is 5.97 Å². The molecule has 1 unspecified atom stereocenters. The Kier molecular flexibility index (Phi) is 8.60. The summed E-state index contributed by atoms with van der Waals surface area (Å²) in [7, 11) is -3.66. The van der Waals surface area contributed by atoms with E-state index in [4.69, 9.17) is 4.74 Å². The number of carboxylic acid groups (broad SMARTS) is 1. The smallest absolute Gasteiger partial charge is 0.337 e. The maximum atomic E-state index is 12.7. The molecule has 0 saturated heterocycles. The SMILES string of the molecule is Cc1ccc(-c2c(C)c(C3=CCCCCC3)c(C(OC(C)(C)C)C(=O)O)c(C)c2NS(C)(=O)=O)cc1C. The molecule has 0 bridgehead atoms. The number of sulfonamides is 1. The lowest BCUT2D eigenvalue weighted by Gasteiger charge is -2.31. The van der Waals surface area contributed by atoms with Crippen molar-refractivity contribution in [2.75, 3.05) is 11.0 Å². The first-order valence-electron chi connectivity index (χ1n) is 12.9. The first-order chi connectivity index (χ1) is 17.1. The van der Waals surface area contributed by atoms with E-state index in [1.165, 1.54) is 0 Å². The highest BCUT2D eigenvalue weighted by Gasteiger charge is 2.35. The van der Waals surface area contributed by atoms with E-state index < -0.39 is 27.7 Å². The van der Waals surface area contributed by atoms with Crippen molar-refractivity contribution in [3.63, 3.8) is 0 Å². The minimum Gasteiger partial charge on any atom is -0.479 e. The van der Waals surface area contributed by atoms with Gasteiger partial charge in [-0.3, -0.25) is 4.72 Å². The number of benzene rings is 2. The maximum absolute atomic E-state index is 12.7. The summed E-state index contributed by atoms with van der Waals surface area (Å²) in [5, 5.41) is 10.4. The number of anilines is 1. The van der Waals surface area contributed by atoms with E-state index >= 15 is 0 Å². The van der Waals surface area contributed by atoms with Crippen molar-refractivity contribution >= 4 is 27.3 Å². The fourth-order valence-electron chi connectivity index (χ4n) is 5.16. The van der Waals surface area contributed by atoms with Crippen LogP contribution in [0.25, 0.3) is 16.7 Å². The molecule has 2 N–H and O–H groups in total. The lowest BCUT2D eigenvalue weighted by atomic mass is 9.81. The third-order valence-electron chi connectivity index (χ3n) is 6.95. The quantitative estimate of drug-likeness (QED) is 0.396. The lowest BCUT2D eigenvalue weighted by molar-refractivity contribution is -0.160. The highest BCUT2D eigenvalue weighted by Crippen LogP contribution is 2.46. The van der Waals surface area contributed by atoms with Gasteiger partial charge in [-0.05, 0) is 113 Å². The number of carbonyl (C=O) groups is 1. The molecule has 3 rings (SSSR count). The third-order valence-corrected chi connectivity index (χ3v) is 7.53. The van der Waals surface area contributed by atoms with Gasteiger partial charge in [0.25, 0.3) is 0 Å². The van der Waals surface area contributed by atoms with Crippen molar-refractivity contribution in [3.8, 4) is 11.1 Å². The van der Waals surface area contributed by atoms with E-state index in [1.54, 1.807) is 6.92 Å². The maximum Gasteiger partial charge on any atom is 0.337 e. The van der Waals surface area contributed by atoms with Crippen LogP contribution < -0.4 is 4.72 Å². The van der Waals surface area contributed by atoms with Crippen molar-refractivity contribution in [2.45, 2.75) is 92.3 Å². The molecular weight excluding hydrogens is 486 g/mol. The fraction of sp³-hybridized carbons (Fsp3) is 0.500. The van der Waals surface area contributed by atoms with Crippen molar-refractivity contribution in [2.24, 2.45) is 0 Å². The average Bonchev–Trinajstić information content (AvgIpc) is 3.04. The van der Waals surface area contributed by atoms with Crippen molar-refractivity contribution in [3.05, 3.63) is 57.7 Å². The van der Waals surface area contributed by atoms with E-state index in [0.717, 1.165) is 77.3 Å². The second-order valence-electron chi connectivity index (χ2n) is 11.2. The van der Waals surface area contributed by atoms with Crippen molar-refractivity contribution in [1.82, 2.24) is 0 Å². The number of nitrogens with one attached hydrogen (secondary N) is 1. The number of hydrogen-bond donors (Lipinski definition) is 2. The van der Waals surface area contributed by atoms with Crippen LogP contribution in [0.4, 0.5) is 5.69 Å². The van der Waals surface area contributed by atoms with Gasteiger partial charge in [-0.2, -0.15) is 0 Å². The van der Waals surface area contributed by atoms with Gasteiger partial charge in [0.1, 0.15) is 0 Å². The van der Waals surface area contributed by atoms with E-state index in [2.05, 4.69) is 16.9 Å². The Bertz CT molecular complexity index is 1330. The second kappa shape index (κ2) is 11.0. The van der Waals surface area contributed by atoms with Gasteiger partial charge in [-0.1, -0.05) is 30.7 Å². The van der Waals surface area contributed by atoms with Crippen LogP contribution in [0.1, 0.15) is 92.4 Å². The van der Waals surface area contributed by atoms with Crippen molar-refractivity contribution in [1.29, 1.82) is 0 Å². The molecule has 0 aliphatic heterocycles. The van der Waals surface area contributed by atoms with Crippen LogP contribution in [0.3, 0.4) is 0 Å². The highest BCUT2D eigenvalue weighted by atomic mass is 32.2. The van der Waals surface area contributed by atoms with Crippen LogP contribution in [0.15, 0.2) is 24.3 Å². The number of rotatable bonds is 7. The van der Waals surface area contributed by atoms with Crippen LogP contribution in [0.5, 0.6) is 0 Å². The minimum atomic E-state index is -3.66. The Hall–Kier alpha value is -2.64. The topological polar surface area (TPSA) is 92.7 Å². The largest absolute Gasteiger partial charge is 0.479 e. The second-order valence-corrected chi connectivity index (χ2v) is 13.0. The summed E-state index contributed by atoms with van der Waals surface area (Å²) in [5.74, 6) is -1.10. The van der Waals surface area contributed by atoms with Gasteiger partial charge in [-0.15, -0.1) is 0 Å². The molecule has 2 aromatic carbocycles. The van der Waals surface area contributed by atoms with E-state index in [9.17, 15) is 18.3 Å². The minimum absolute atomic E-state index is 0.403. The lowest BCUT2D eigenvalue weighted by Crippen LogP contribution is -2.29. The zero-order chi connectivity index (χ0) is 27.7. The summed E-state index contributed by atoms with van der Waals surface area (Å²) in [6.07, 6.45) is 7.07. The normalized spacial score (nSPS) is 15.6. The van der Waals surface area contributed by atoms with Crippen LogP contribution >= 0.6 is 0 Å². The molecule has 1 atom stereocenters. The molecule has 0 aromatic heterocycles. The van der Waals surface area contributed by atoms with Crippen LogP contribution in [-0.2, 0) is 19.6 Å². The standard InChI is InChI=1S/C30H41NO5S/c1-18-15-16-23(17-19(18)2)25-20(3)24(22-13-11-9-10-12-14-22)26(21(4)27(25)31-37(8,34)35)28(29(32)33)36-30(5,6)7/h13,15-17,28,31H,9-12,14H2,1-8H3,(H,32,33). The predicted octanol–water partition coefficient (Wildman–Crippen LogP) is 7.25. The third kappa shape index (κ3) is 6.82. The monoisotopic (exact) mass is 527 g/mol. The zero-order valence-corrected chi connectivity index (χ0v) is 24.2. The number of hydrogen-bond acceptors (Lipinski definition) is 4. The molecular formula is C30H41NO5S. The molecule has 0 heterocycles. The Morgan fingerprint density at radius 1 is 1.00 bits per heavy atom. The van der Waals surface area contributed by atoms with Gasteiger partial charge < -0.3 is 9.84 Å². The van der Waals surface area contributed by atoms with Crippen LogP contribution in [-0.4, -0.2) is 31.4 Å². The molecule has 202 valence electrons. The first-order valence-corrected chi connectivity index (χ1v) is 14.8. The van der Waals surface area contributed by atoms with Crippen LogP contribution in [0.2, 0.25) is 0 Å². The molecule has 1 aliphatic carbocycles. The number of allylic oxidation sites excluding steroid dienone is 2. The molecule has 0 spiro atoms. The Labute approximate surface area is 222 Å². The number of carboxylic acids is 1. The molecule has 7 heteroatoms. The number of ether oxygens (including phenoxy) is 1. The molecule has 0 fully saturated rings. The summed E-state index contributed by atoms with van der Waals surface area (Å²) in [4.78, 5) is 12.7. The average molecular weight is 528 g/mol. The Morgan fingerprint density at radius 3 is 2.24 bits per heavy atom. The van der Waals surface area contributed by atoms with E-state index in [0.29, 0.717) is 16.8 Å². The van der Waals surface area contributed by atoms with Crippen molar-refractivity contribution < 1.29 is 23.1 Å². The first kappa shape index (κ1) is 28.9. The summed E-state index contributed by atoms with van der Waals surface area (Å²) in [5.41, 5.74) is 7.49. The number of aryl methyl sites for hydroxylation is 2. The molecule has 37 heavy (non-hydrogen) atoms. The zero-order valence-electron chi connectivity index (χ0n) is 23.4.